The number of ether oxygens (including phenoxy) is 2. The number of esters is 1. The highest BCUT2D eigenvalue weighted by Gasteiger charge is 2.50. The van der Waals surface area contributed by atoms with Crippen molar-refractivity contribution in [2.24, 2.45) is 17.8 Å². The van der Waals surface area contributed by atoms with Gasteiger partial charge in [0, 0.05) is 13.0 Å². The number of benzene rings is 1. The predicted octanol–water partition coefficient (Wildman–Crippen LogP) is 1.56. The van der Waals surface area contributed by atoms with Crippen LogP contribution in [0.2, 0.25) is 0 Å². The average Bonchev–Trinajstić information content (AvgIpc) is 2.87. The first kappa shape index (κ1) is 16.4. The Labute approximate surface area is 140 Å². The molecule has 2 aliphatic rings. The SMILES string of the molecule is COC(=O)[C@@H](OC)[C@H]1C=C[C@H]2C(=O)N(c3ccccc3)C(=O)[C@H]2C1. The molecule has 1 aliphatic carbocycles. The van der Waals surface area contributed by atoms with Gasteiger partial charge in [0.1, 0.15) is 0 Å². The fourth-order valence-electron chi connectivity index (χ4n) is 3.47. The predicted molar refractivity (Wildman–Crippen MR) is 86.0 cm³/mol. The quantitative estimate of drug-likeness (QED) is 0.476. The second-order valence-electron chi connectivity index (χ2n) is 5.94. The number of imide groups is 1. The number of methoxy groups -OCH3 is 2. The maximum absolute atomic E-state index is 12.8. The molecule has 1 aliphatic heterocycles. The van der Waals surface area contributed by atoms with Crippen molar-refractivity contribution >= 4 is 23.5 Å². The highest BCUT2D eigenvalue weighted by Crippen LogP contribution is 2.40. The minimum absolute atomic E-state index is 0.224. The van der Waals surface area contributed by atoms with Gasteiger partial charge in [-0.15, -0.1) is 0 Å². The zero-order valence-electron chi connectivity index (χ0n) is 13.5. The van der Waals surface area contributed by atoms with E-state index in [9.17, 15) is 14.4 Å². The van der Waals surface area contributed by atoms with Crippen molar-refractivity contribution in [1.29, 1.82) is 0 Å². The number of para-hydroxylation sites is 1. The summed E-state index contributed by atoms with van der Waals surface area (Å²) in [6.07, 6.45) is 3.10. The minimum Gasteiger partial charge on any atom is -0.467 e. The lowest BCUT2D eigenvalue weighted by molar-refractivity contribution is -0.155. The van der Waals surface area contributed by atoms with Crippen molar-refractivity contribution in [3.05, 3.63) is 42.5 Å². The summed E-state index contributed by atoms with van der Waals surface area (Å²) in [5.74, 6) is -2.19. The normalized spacial score (nSPS) is 27.1. The molecule has 0 unspecified atom stereocenters. The van der Waals surface area contributed by atoms with E-state index in [0.29, 0.717) is 12.1 Å². The van der Waals surface area contributed by atoms with Gasteiger partial charge in [-0.25, -0.2) is 9.69 Å². The molecular weight excluding hydrogens is 310 g/mol. The third kappa shape index (κ3) is 2.63. The first-order valence-corrected chi connectivity index (χ1v) is 7.80. The molecule has 126 valence electrons. The number of nitrogens with zero attached hydrogens (tertiary/aromatic N) is 1. The van der Waals surface area contributed by atoms with Crippen LogP contribution in [0.4, 0.5) is 5.69 Å². The van der Waals surface area contributed by atoms with Crippen molar-refractivity contribution in [3.63, 3.8) is 0 Å². The van der Waals surface area contributed by atoms with Crippen LogP contribution in [-0.2, 0) is 23.9 Å². The monoisotopic (exact) mass is 329 g/mol. The van der Waals surface area contributed by atoms with Gasteiger partial charge in [0.05, 0.1) is 24.6 Å². The van der Waals surface area contributed by atoms with E-state index in [1.807, 2.05) is 6.07 Å². The Morgan fingerprint density at radius 3 is 2.46 bits per heavy atom. The van der Waals surface area contributed by atoms with E-state index < -0.39 is 23.9 Å². The molecule has 1 heterocycles. The molecule has 6 nitrogen and oxygen atoms in total. The first-order valence-electron chi connectivity index (χ1n) is 7.80. The molecule has 1 fully saturated rings. The van der Waals surface area contributed by atoms with Gasteiger partial charge in [0.25, 0.3) is 0 Å². The number of rotatable bonds is 4. The second kappa shape index (κ2) is 6.57. The molecular formula is C18H19NO5. The third-order valence-electron chi connectivity index (χ3n) is 4.66. The van der Waals surface area contributed by atoms with Crippen molar-refractivity contribution in [2.45, 2.75) is 12.5 Å². The van der Waals surface area contributed by atoms with Crippen molar-refractivity contribution in [2.75, 3.05) is 19.1 Å². The Hall–Kier alpha value is -2.47. The number of anilines is 1. The summed E-state index contributed by atoms with van der Waals surface area (Å²) in [4.78, 5) is 38.4. The van der Waals surface area contributed by atoms with E-state index in [1.165, 1.54) is 19.1 Å². The summed E-state index contributed by atoms with van der Waals surface area (Å²) in [5, 5.41) is 0. The van der Waals surface area contributed by atoms with E-state index in [0.717, 1.165) is 0 Å². The summed E-state index contributed by atoms with van der Waals surface area (Å²) in [6.45, 7) is 0. The van der Waals surface area contributed by atoms with Crippen LogP contribution in [0.5, 0.6) is 0 Å². The van der Waals surface area contributed by atoms with Crippen LogP contribution < -0.4 is 4.90 Å². The maximum atomic E-state index is 12.8. The molecule has 4 atom stereocenters. The van der Waals surface area contributed by atoms with Gasteiger partial charge in [-0.1, -0.05) is 30.4 Å². The molecule has 0 N–H and O–H groups in total. The van der Waals surface area contributed by atoms with Gasteiger partial charge in [-0.2, -0.15) is 0 Å². The first-order chi connectivity index (χ1) is 11.6. The van der Waals surface area contributed by atoms with Crippen LogP contribution in [0.1, 0.15) is 6.42 Å². The van der Waals surface area contributed by atoms with Crippen molar-refractivity contribution in [3.8, 4) is 0 Å². The lowest BCUT2D eigenvalue weighted by Gasteiger charge is -2.27. The zero-order chi connectivity index (χ0) is 17.3. The van der Waals surface area contributed by atoms with Crippen molar-refractivity contribution < 1.29 is 23.9 Å². The molecule has 1 saturated heterocycles. The molecule has 0 spiro atoms. The van der Waals surface area contributed by atoms with Gasteiger partial charge in [0.2, 0.25) is 11.8 Å². The molecule has 3 rings (SSSR count). The molecule has 6 heteroatoms. The van der Waals surface area contributed by atoms with E-state index in [-0.39, 0.29) is 17.7 Å². The molecule has 0 saturated carbocycles. The Morgan fingerprint density at radius 1 is 1.12 bits per heavy atom. The number of carbonyl (C=O) groups excluding carboxylic acids is 3. The molecule has 0 aromatic heterocycles. The van der Waals surface area contributed by atoms with Gasteiger partial charge in [-0.3, -0.25) is 9.59 Å². The van der Waals surface area contributed by atoms with Crippen LogP contribution in [0.15, 0.2) is 42.5 Å². The summed E-state index contributed by atoms with van der Waals surface area (Å²) >= 11 is 0. The van der Waals surface area contributed by atoms with Gasteiger partial charge in [-0.05, 0) is 18.6 Å². The molecule has 0 radical (unpaired) electrons. The van der Waals surface area contributed by atoms with E-state index in [4.69, 9.17) is 9.47 Å². The molecule has 24 heavy (non-hydrogen) atoms. The topological polar surface area (TPSA) is 72.9 Å². The molecule has 1 aromatic carbocycles. The summed E-state index contributed by atoms with van der Waals surface area (Å²) in [7, 11) is 2.73. The highest BCUT2D eigenvalue weighted by molar-refractivity contribution is 6.22. The van der Waals surface area contributed by atoms with E-state index in [1.54, 1.807) is 36.4 Å². The van der Waals surface area contributed by atoms with Crippen LogP contribution >= 0.6 is 0 Å². The Balaban J connectivity index is 1.85. The van der Waals surface area contributed by atoms with Crippen molar-refractivity contribution in [1.82, 2.24) is 0 Å². The number of hydrogen-bond donors (Lipinski definition) is 0. The number of carbonyl (C=O) groups is 3. The summed E-state index contributed by atoms with van der Waals surface area (Å²) in [5.41, 5.74) is 0.572. The van der Waals surface area contributed by atoms with E-state index >= 15 is 0 Å². The van der Waals surface area contributed by atoms with Gasteiger partial charge >= 0.3 is 5.97 Å². The lowest BCUT2D eigenvalue weighted by atomic mass is 9.78. The fraction of sp³-hybridized carbons (Fsp3) is 0.389. The van der Waals surface area contributed by atoms with Crippen LogP contribution in [-0.4, -0.2) is 38.1 Å². The Kier molecular flexibility index (Phi) is 4.49. The van der Waals surface area contributed by atoms with Crippen LogP contribution in [0, 0.1) is 17.8 Å². The standard InChI is InChI=1S/C18H19NO5/c1-23-15(18(22)24-2)11-8-9-13-14(10-11)17(21)19(16(13)20)12-6-4-3-5-7-12/h3-9,11,13-15H,10H2,1-2H3/t11-,13+,14-,15-/m0/s1. The second-order valence-corrected chi connectivity index (χ2v) is 5.94. The summed E-state index contributed by atoms with van der Waals surface area (Å²) in [6, 6.07) is 8.88. The molecule has 0 bridgehead atoms. The van der Waals surface area contributed by atoms with Gasteiger partial charge in [0.15, 0.2) is 6.10 Å². The van der Waals surface area contributed by atoms with Crippen LogP contribution in [0.25, 0.3) is 0 Å². The lowest BCUT2D eigenvalue weighted by Crippen LogP contribution is -2.36. The minimum atomic E-state index is -0.777. The Morgan fingerprint density at radius 2 is 1.83 bits per heavy atom. The van der Waals surface area contributed by atoms with E-state index in [2.05, 4.69) is 0 Å². The zero-order valence-corrected chi connectivity index (χ0v) is 13.5. The summed E-state index contributed by atoms with van der Waals surface area (Å²) < 4.78 is 9.97. The van der Waals surface area contributed by atoms with Crippen LogP contribution in [0.3, 0.4) is 0 Å². The maximum Gasteiger partial charge on any atom is 0.335 e. The molecule has 2 amide bonds. The third-order valence-corrected chi connectivity index (χ3v) is 4.66. The number of fused-ring (bicyclic) bond motifs is 1. The largest absolute Gasteiger partial charge is 0.467 e. The smallest absolute Gasteiger partial charge is 0.335 e. The molecule has 1 aromatic rings. The number of hydrogen-bond acceptors (Lipinski definition) is 5. The number of amides is 2. The average molecular weight is 329 g/mol. The fourth-order valence-corrected chi connectivity index (χ4v) is 3.47. The Bertz CT molecular complexity index is 684. The highest BCUT2D eigenvalue weighted by atomic mass is 16.6. The van der Waals surface area contributed by atoms with Gasteiger partial charge < -0.3 is 9.47 Å².